The molecular formula is C12H21N7S. The number of hydrogen-bond donors (Lipinski definition) is 3. The average molecular weight is 295 g/mol. The molecule has 2 aliphatic rings. The van der Waals surface area contributed by atoms with Crippen LogP contribution in [0.4, 0.5) is 17.8 Å². The molecule has 0 atom stereocenters. The highest BCUT2D eigenvalue weighted by molar-refractivity contribution is 7.99. The summed E-state index contributed by atoms with van der Waals surface area (Å²) in [5.74, 6) is 9.64. The zero-order chi connectivity index (χ0) is 13.8. The Hall–Kier alpha value is -1.28. The highest BCUT2D eigenvalue weighted by Crippen LogP contribution is 2.22. The summed E-state index contributed by atoms with van der Waals surface area (Å²) in [6.45, 7) is 2.01. The van der Waals surface area contributed by atoms with Crippen LogP contribution >= 0.6 is 11.8 Å². The van der Waals surface area contributed by atoms with E-state index in [2.05, 4.69) is 30.6 Å². The van der Waals surface area contributed by atoms with Crippen molar-refractivity contribution in [3.63, 3.8) is 0 Å². The Bertz CT molecular complexity index is 443. The zero-order valence-corrected chi connectivity index (χ0v) is 12.3. The second kappa shape index (κ2) is 6.45. The number of nitrogens with zero attached hydrogens (tertiary/aromatic N) is 4. The monoisotopic (exact) mass is 295 g/mol. The summed E-state index contributed by atoms with van der Waals surface area (Å²) >= 11 is 2.01. The van der Waals surface area contributed by atoms with Crippen molar-refractivity contribution in [2.75, 3.05) is 40.2 Å². The van der Waals surface area contributed by atoms with E-state index in [1.165, 1.54) is 24.3 Å². The minimum atomic E-state index is 0.426. The van der Waals surface area contributed by atoms with E-state index in [0.717, 1.165) is 31.9 Å². The van der Waals surface area contributed by atoms with Gasteiger partial charge in [-0.25, -0.2) is 5.84 Å². The summed E-state index contributed by atoms with van der Waals surface area (Å²) < 4.78 is 0. The third kappa shape index (κ3) is 3.24. The Labute approximate surface area is 123 Å². The number of hydrazine groups is 1. The summed E-state index contributed by atoms with van der Waals surface area (Å²) in [6, 6.07) is 0.454. The molecule has 4 N–H and O–H groups in total. The van der Waals surface area contributed by atoms with Crippen molar-refractivity contribution in [2.45, 2.75) is 31.7 Å². The molecule has 0 aromatic carbocycles. The standard InChI is InChI=1S/C12H21N7S/c13-18-11-15-10(14-9-3-7-20-8-4-9)16-12(17-11)19-5-1-2-6-19/h9H,1-8,13H2,(H2,14,15,16,17,18). The lowest BCUT2D eigenvalue weighted by Crippen LogP contribution is -2.28. The van der Waals surface area contributed by atoms with Crippen molar-refractivity contribution < 1.29 is 0 Å². The summed E-state index contributed by atoms with van der Waals surface area (Å²) in [6.07, 6.45) is 4.70. The first-order chi connectivity index (χ1) is 9.85. The molecule has 0 bridgehead atoms. The van der Waals surface area contributed by atoms with Gasteiger partial charge in [0.2, 0.25) is 17.8 Å². The van der Waals surface area contributed by atoms with Gasteiger partial charge in [-0.15, -0.1) is 0 Å². The van der Waals surface area contributed by atoms with Crippen LogP contribution in [0.2, 0.25) is 0 Å². The van der Waals surface area contributed by atoms with E-state index in [-0.39, 0.29) is 0 Å². The molecule has 8 heteroatoms. The van der Waals surface area contributed by atoms with Crippen LogP contribution in [-0.2, 0) is 0 Å². The van der Waals surface area contributed by atoms with Gasteiger partial charge >= 0.3 is 0 Å². The van der Waals surface area contributed by atoms with Crippen LogP contribution in [0.15, 0.2) is 0 Å². The molecule has 3 rings (SSSR count). The molecule has 3 heterocycles. The maximum atomic E-state index is 5.47. The third-order valence-corrected chi connectivity index (χ3v) is 4.74. The van der Waals surface area contributed by atoms with Crippen LogP contribution in [0.1, 0.15) is 25.7 Å². The number of thioether (sulfide) groups is 1. The number of aromatic nitrogens is 3. The number of nitrogens with two attached hydrogens (primary N) is 1. The topological polar surface area (TPSA) is 92.0 Å². The quantitative estimate of drug-likeness (QED) is 0.561. The molecule has 0 spiro atoms. The fourth-order valence-corrected chi connectivity index (χ4v) is 3.68. The predicted octanol–water partition coefficient (Wildman–Crippen LogP) is 1.06. The first-order valence-corrected chi connectivity index (χ1v) is 8.32. The van der Waals surface area contributed by atoms with Crippen LogP contribution in [0, 0.1) is 0 Å². The predicted molar refractivity (Wildman–Crippen MR) is 83.1 cm³/mol. The fraction of sp³-hybridized carbons (Fsp3) is 0.750. The van der Waals surface area contributed by atoms with Gasteiger partial charge in [0, 0.05) is 19.1 Å². The molecule has 1 aromatic rings. The maximum Gasteiger partial charge on any atom is 0.243 e. The smallest absolute Gasteiger partial charge is 0.243 e. The number of nitrogen functional groups attached to an aromatic ring is 1. The van der Waals surface area contributed by atoms with Gasteiger partial charge in [0.1, 0.15) is 0 Å². The minimum Gasteiger partial charge on any atom is -0.351 e. The molecule has 0 saturated carbocycles. The van der Waals surface area contributed by atoms with Crippen LogP contribution in [0.25, 0.3) is 0 Å². The van der Waals surface area contributed by atoms with Gasteiger partial charge in [-0.1, -0.05) is 0 Å². The van der Waals surface area contributed by atoms with E-state index in [1.807, 2.05) is 11.8 Å². The van der Waals surface area contributed by atoms with E-state index >= 15 is 0 Å². The number of anilines is 3. The van der Waals surface area contributed by atoms with E-state index in [9.17, 15) is 0 Å². The second-order valence-corrected chi connectivity index (χ2v) is 6.38. The molecule has 2 fully saturated rings. The molecule has 2 aliphatic heterocycles. The fourth-order valence-electron chi connectivity index (χ4n) is 2.58. The lowest BCUT2D eigenvalue weighted by atomic mass is 10.2. The van der Waals surface area contributed by atoms with Gasteiger partial charge in [0.15, 0.2) is 0 Å². The minimum absolute atomic E-state index is 0.426. The summed E-state index contributed by atoms with van der Waals surface area (Å²) in [5, 5.41) is 3.42. The van der Waals surface area contributed by atoms with Crippen molar-refractivity contribution in [1.29, 1.82) is 0 Å². The van der Waals surface area contributed by atoms with Gasteiger partial charge in [0.25, 0.3) is 0 Å². The molecule has 7 nitrogen and oxygen atoms in total. The normalized spacial score (nSPS) is 20.1. The molecule has 2 saturated heterocycles. The highest BCUT2D eigenvalue weighted by atomic mass is 32.2. The summed E-state index contributed by atoms with van der Waals surface area (Å²) in [4.78, 5) is 15.4. The first kappa shape index (κ1) is 13.7. The molecule has 0 aliphatic carbocycles. The Morgan fingerprint density at radius 2 is 1.75 bits per heavy atom. The van der Waals surface area contributed by atoms with Crippen LogP contribution in [0.5, 0.6) is 0 Å². The maximum absolute atomic E-state index is 5.47. The van der Waals surface area contributed by atoms with Gasteiger partial charge in [-0.05, 0) is 37.2 Å². The Morgan fingerprint density at radius 3 is 2.45 bits per heavy atom. The molecule has 1 aromatic heterocycles. The lowest BCUT2D eigenvalue weighted by Gasteiger charge is -2.23. The average Bonchev–Trinajstić information content (AvgIpc) is 3.02. The zero-order valence-electron chi connectivity index (χ0n) is 11.5. The molecule has 0 amide bonds. The molecular weight excluding hydrogens is 274 g/mol. The van der Waals surface area contributed by atoms with Crippen molar-refractivity contribution in [2.24, 2.45) is 5.84 Å². The Balaban J connectivity index is 1.76. The lowest BCUT2D eigenvalue weighted by molar-refractivity contribution is 0.658. The van der Waals surface area contributed by atoms with Gasteiger partial charge in [-0.3, -0.25) is 5.43 Å². The van der Waals surface area contributed by atoms with Crippen LogP contribution in [0.3, 0.4) is 0 Å². The summed E-state index contributed by atoms with van der Waals surface area (Å²) in [7, 11) is 0. The van der Waals surface area contributed by atoms with E-state index < -0.39 is 0 Å². The van der Waals surface area contributed by atoms with Gasteiger partial charge in [0.05, 0.1) is 0 Å². The summed E-state index contributed by atoms with van der Waals surface area (Å²) in [5.41, 5.74) is 2.54. The first-order valence-electron chi connectivity index (χ1n) is 7.17. The molecule has 0 radical (unpaired) electrons. The van der Waals surface area contributed by atoms with Gasteiger partial charge in [-0.2, -0.15) is 26.7 Å². The van der Waals surface area contributed by atoms with E-state index in [1.54, 1.807) is 0 Å². The Kier molecular flexibility index (Phi) is 4.41. The van der Waals surface area contributed by atoms with Crippen molar-refractivity contribution >= 4 is 29.6 Å². The number of rotatable bonds is 4. The molecule has 20 heavy (non-hydrogen) atoms. The molecule has 0 unspecified atom stereocenters. The third-order valence-electron chi connectivity index (χ3n) is 3.70. The second-order valence-electron chi connectivity index (χ2n) is 5.15. The van der Waals surface area contributed by atoms with Crippen molar-refractivity contribution in [3.8, 4) is 0 Å². The largest absolute Gasteiger partial charge is 0.351 e. The number of nitrogens with one attached hydrogen (secondary N) is 2. The van der Waals surface area contributed by atoms with Crippen molar-refractivity contribution in [3.05, 3.63) is 0 Å². The SMILES string of the molecule is NNc1nc(NC2CCSCC2)nc(N2CCCC2)n1. The van der Waals surface area contributed by atoms with E-state index in [4.69, 9.17) is 5.84 Å². The van der Waals surface area contributed by atoms with Crippen molar-refractivity contribution in [1.82, 2.24) is 15.0 Å². The van der Waals surface area contributed by atoms with E-state index in [0.29, 0.717) is 17.9 Å². The van der Waals surface area contributed by atoms with Gasteiger partial charge < -0.3 is 10.2 Å². The highest BCUT2D eigenvalue weighted by Gasteiger charge is 2.19. The molecule has 110 valence electrons. The van der Waals surface area contributed by atoms with Crippen LogP contribution < -0.4 is 21.5 Å². The number of hydrogen-bond acceptors (Lipinski definition) is 8. The van der Waals surface area contributed by atoms with Crippen LogP contribution in [-0.4, -0.2) is 45.6 Å². The Morgan fingerprint density at radius 1 is 1.05 bits per heavy atom.